The summed E-state index contributed by atoms with van der Waals surface area (Å²) >= 11 is 5.90. The number of rotatable bonds is 7. The van der Waals surface area contributed by atoms with E-state index in [0.29, 0.717) is 33.7 Å². The Morgan fingerprint density at radius 1 is 1.16 bits per heavy atom. The molecule has 0 bridgehead atoms. The van der Waals surface area contributed by atoms with E-state index in [0.717, 1.165) is 0 Å². The predicted molar refractivity (Wildman–Crippen MR) is 119 cm³/mol. The molecule has 0 aliphatic rings. The number of aromatic amines is 1. The highest BCUT2D eigenvalue weighted by atomic mass is 35.5. The molecule has 9 nitrogen and oxygen atoms in total. The number of anilines is 1. The average molecular weight is 454 g/mol. The van der Waals surface area contributed by atoms with Gasteiger partial charge >= 0.3 is 0 Å². The third-order valence-corrected chi connectivity index (χ3v) is 4.92. The van der Waals surface area contributed by atoms with E-state index in [1.807, 2.05) is 6.07 Å². The van der Waals surface area contributed by atoms with Crippen LogP contribution in [0.3, 0.4) is 0 Å². The topological polar surface area (TPSA) is 102 Å². The first-order valence-electron chi connectivity index (χ1n) is 9.71. The van der Waals surface area contributed by atoms with Crippen LogP contribution in [0.2, 0.25) is 5.02 Å². The molecule has 0 aliphatic heterocycles. The van der Waals surface area contributed by atoms with Crippen LogP contribution >= 0.6 is 11.6 Å². The van der Waals surface area contributed by atoms with Crippen molar-refractivity contribution in [3.05, 3.63) is 81.5 Å². The Kier molecular flexibility index (Phi) is 6.09. The Morgan fingerprint density at radius 3 is 2.66 bits per heavy atom. The van der Waals surface area contributed by atoms with Crippen LogP contribution in [0.4, 0.5) is 5.69 Å². The van der Waals surface area contributed by atoms with Crippen LogP contribution in [-0.2, 0) is 11.3 Å². The minimum Gasteiger partial charge on any atom is -0.495 e. The summed E-state index contributed by atoms with van der Waals surface area (Å²) in [5.74, 6) is 1.30. The van der Waals surface area contributed by atoms with E-state index >= 15 is 0 Å². The van der Waals surface area contributed by atoms with Crippen LogP contribution in [0.5, 0.6) is 11.5 Å². The summed E-state index contributed by atoms with van der Waals surface area (Å²) in [6.07, 6.45) is 0. The Bertz CT molecular complexity index is 1320. The molecule has 2 aromatic carbocycles. The number of nitrogens with zero attached hydrogens (tertiary/aromatic N) is 4. The number of nitrogens with one attached hydrogen (secondary N) is 1. The molecule has 0 unspecified atom stereocenters. The fourth-order valence-corrected chi connectivity index (χ4v) is 3.30. The highest BCUT2D eigenvalue weighted by Gasteiger charge is 2.22. The number of methoxy groups -OCH3 is 1. The standard InChI is InChI=1S/C22H20ClN5O4/c1-14-11-20(29)28-22(24-14)25-19(26-28)12-27(17-5-3-4-6-18(17)31-2)21(30)13-32-16-9-7-15(23)8-10-16/h3-11H,12-13H2,1-2H3,(H,24,25,26). The zero-order valence-electron chi connectivity index (χ0n) is 17.4. The van der Waals surface area contributed by atoms with Gasteiger partial charge in [-0.2, -0.15) is 9.50 Å². The van der Waals surface area contributed by atoms with Gasteiger partial charge in [-0.3, -0.25) is 19.6 Å². The van der Waals surface area contributed by atoms with Gasteiger partial charge in [0.15, 0.2) is 6.61 Å². The molecule has 0 atom stereocenters. The van der Waals surface area contributed by atoms with Crippen molar-refractivity contribution in [3.8, 4) is 11.5 Å². The number of carbonyl (C=O) groups excluding carboxylic acids is 1. The fraction of sp³-hybridized carbons (Fsp3) is 0.182. The molecule has 0 saturated carbocycles. The molecule has 0 saturated heterocycles. The summed E-state index contributed by atoms with van der Waals surface area (Å²) in [4.78, 5) is 35.5. The third-order valence-electron chi connectivity index (χ3n) is 4.67. The van der Waals surface area contributed by atoms with E-state index in [1.54, 1.807) is 49.4 Å². The van der Waals surface area contributed by atoms with Crippen molar-refractivity contribution in [2.75, 3.05) is 18.6 Å². The second-order valence-corrected chi connectivity index (χ2v) is 7.37. The summed E-state index contributed by atoms with van der Waals surface area (Å²) < 4.78 is 12.3. The lowest BCUT2D eigenvalue weighted by molar-refractivity contribution is -0.120. The largest absolute Gasteiger partial charge is 0.495 e. The first-order valence-corrected chi connectivity index (χ1v) is 10.1. The minimum atomic E-state index is -0.332. The van der Waals surface area contributed by atoms with Gasteiger partial charge in [0.2, 0.25) is 0 Å². The first-order chi connectivity index (χ1) is 15.4. The molecule has 0 spiro atoms. The summed E-state index contributed by atoms with van der Waals surface area (Å²) in [6.45, 7) is 1.54. The molecular weight excluding hydrogens is 434 g/mol. The number of para-hydroxylation sites is 2. The predicted octanol–water partition coefficient (Wildman–Crippen LogP) is 3.00. The number of hydrogen-bond acceptors (Lipinski definition) is 6. The summed E-state index contributed by atoms with van der Waals surface area (Å²) in [7, 11) is 1.53. The maximum absolute atomic E-state index is 13.2. The number of H-pyrrole nitrogens is 1. The van der Waals surface area contributed by atoms with E-state index in [9.17, 15) is 9.59 Å². The number of aromatic nitrogens is 4. The molecule has 1 N–H and O–H groups in total. The molecule has 0 aliphatic carbocycles. The molecule has 4 aromatic rings. The van der Waals surface area contributed by atoms with Crippen LogP contribution in [-0.4, -0.2) is 39.2 Å². The van der Waals surface area contributed by atoms with Crippen LogP contribution in [0, 0.1) is 6.92 Å². The first kappa shape index (κ1) is 21.4. The second-order valence-electron chi connectivity index (χ2n) is 6.94. The van der Waals surface area contributed by atoms with E-state index in [4.69, 9.17) is 21.1 Å². The van der Waals surface area contributed by atoms with Gasteiger partial charge in [-0.05, 0) is 43.3 Å². The van der Waals surface area contributed by atoms with Gasteiger partial charge in [0.05, 0.1) is 19.3 Å². The quantitative estimate of drug-likeness (QED) is 0.461. The van der Waals surface area contributed by atoms with Crippen LogP contribution < -0.4 is 19.9 Å². The summed E-state index contributed by atoms with van der Waals surface area (Å²) in [5, 5.41) is 3.48. The number of aryl methyl sites for hydroxylation is 1. The Balaban J connectivity index is 1.64. The maximum atomic E-state index is 13.2. The second kappa shape index (κ2) is 9.11. The van der Waals surface area contributed by atoms with Gasteiger partial charge in [0.25, 0.3) is 17.2 Å². The normalized spacial score (nSPS) is 10.8. The van der Waals surface area contributed by atoms with Crippen LogP contribution in [0.15, 0.2) is 59.4 Å². The molecule has 32 heavy (non-hydrogen) atoms. The zero-order valence-corrected chi connectivity index (χ0v) is 18.2. The Morgan fingerprint density at radius 2 is 1.91 bits per heavy atom. The molecule has 0 radical (unpaired) electrons. The highest BCUT2D eigenvalue weighted by molar-refractivity contribution is 6.30. The van der Waals surface area contributed by atoms with E-state index in [1.165, 1.54) is 22.6 Å². The number of amides is 1. The van der Waals surface area contributed by atoms with Crippen LogP contribution in [0.25, 0.3) is 5.78 Å². The molecule has 2 aromatic heterocycles. The van der Waals surface area contributed by atoms with Crippen molar-refractivity contribution >= 4 is 29.0 Å². The van der Waals surface area contributed by atoms with Gasteiger partial charge in [-0.25, -0.2) is 4.98 Å². The molecule has 1 amide bonds. The number of hydrogen-bond donors (Lipinski definition) is 1. The van der Waals surface area contributed by atoms with Crippen molar-refractivity contribution in [2.24, 2.45) is 0 Å². The number of benzene rings is 2. The Labute approximate surface area is 188 Å². The lowest BCUT2D eigenvalue weighted by atomic mass is 10.2. The lowest BCUT2D eigenvalue weighted by Crippen LogP contribution is -2.35. The lowest BCUT2D eigenvalue weighted by Gasteiger charge is -2.23. The summed E-state index contributed by atoms with van der Waals surface area (Å²) in [5.41, 5.74) is 0.811. The highest BCUT2D eigenvalue weighted by Crippen LogP contribution is 2.29. The van der Waals surface area contributed by atoms with Crippen molar-refractivity contribution in [1.82, 2.24) is 19.6 Å². The van der Waals surface area contributed by atoms with E-state index in [2.05, 4.69) is 15.1 Å². The molecule has 164 valence electrons. The van der Waals surface area contributed by atoms with Crippen LogP contribution in [0.1, 0.15) is 11.5 Å². The van der Waals surface area contributed by atoms with Crippen molar-refractivity contribution in [2.45, 2.75) is 13.5 Å². The molecule has 4 rings (SSSR count). The van der Waals surface area contributed by atoms with Gasteiger partial charge in [-0.1, -0.05) is 23.7 Å². The van der Waals surface area contributed by atoms with Crippen molar-refractivity contribution < 1.29 is 14.3 Å². The number of carbonyl (C=O) groups is 1. The third kappa shape index (κ3) is 4.57. The Hall–Kier alpha value is -3.85. The van der Waals surface area contributed by atoms with Gasteiger partial charge in [0, 0.05) is 16.8 Å². The summed E-state index contributed by atoms with van der Waals surface area (Å²) in [6, 6.07) is 15.2. The van der Waals surface area contributed by atoms with Crippen molar-refractivity contribution in [1.29, 1.82) is 0 Å². The van der Waals surface area contributed by atoms with Gasteiger partial charge in [-0.15, -0.1) is 0 Å². The minimum absolute atomic E-state index is 0.0467. The maximum Gasteiger partial charge on any atom is 0.274 e. The number of halogens is 1. The van der Waals surface area contributed by atoms with E-state index in [-0.39, 0.29) is 30.4 Å². The number of ether oxygens (including phenoxy) is 2. The van der Waals surface area contributed by atoms with Gasteiger partial charge < -0.3 is 9.47 Å². The number of fused-ring (bicyclic) bond motifs is 1. The smallest absolute Gasteiger partial charge is 0.274 e. The van der Waals surface area contributed by atoms with Crippen molar-refractivity contribution in [3.63, 3.8) is 0 Å². The van der Waals surface area contributed by atoms with E-state index < -0.39 is 0 Å². The SMILES string of the molecule is COc1ccccc1N(Cc1nc2nc(C)cc(=O)n2[nH]1)C(=O)COc1ccc(Cl)cc1. The molecule has 10 heteroatoms. The van der Waals surface area contributed by atoms with Gasteiger partial charge in [0.1, 0.15) is 17.3 Å². The molecule has 0 fully saturated rings. The monoisotopic (exact) mass is 453 g/mol. The molecule has 2 heterocycles. The average Bonchev–Trinajstić information content (AvgIpc) is 3.20. The molecular formula is C22H20ClN5O4. The zero-order chi connectivity index (χ0) is 22.7. The fourth-order valence-electron chi connectivity index (χ4n) is 3.17.